The van der Waals surface area contributed by atoms with E-state index >= 15 is 0 Å². The zero-order chi connectivity index (χ0) is 22.4. The number of hydrogen-bond acceptors (Lipinski definition) is 5. The second-order valence-corrected chi connectivity index (χ2v) is 8.26. The number of nitrogens with one attached hydrogen (secondary N) is 1. The van der Waals surface area contributed by atoms with Crippen molar-refractivity contribution < 1.29 is 18.3 Å². The van der Waals surface area contributed by atoms with E-state index in [1.165, 1.54) is 23.9 Å². The fraction of sp³-hybridized carbons (Fsp3) is 0.318. The molecule has 1 aromatic heterocycles. The first-order chi connectivity index (χ1) is 14.9. The summed E-state index contributed by atoms with van der Waals surface area (Å²) in [6, 6.07) is 14.1. The zero-order valence-corrected chi connectivity index (χ0v) is 18.3. The number of para-hydroxylation sites is 2. The highest BCUT2D eigenvalue weighted by Gasteiger charge is 2.22. The minimum atomic E-state index is -2.97. The van der Waals surface area contributed by atoms with Crippen molar-refractivity contribution in [1.82, 2.24) is 14.8 Å². The molecule has 0 saturated carbocycles. The van der Waals surface area contributed by atoms with Crippen molar-refractivity contribution in [2.75, 3.05) is 5.32 Å². The van der Waals surface area contributed by atoms with Gasteiger partial charge in [-0.05, 0) is 38.5 Å². The Hall–Kier alpha value is -2.94. The molecule has 0 bridgehead atoms. The highest BCUT2D eigenvalue weighted by molar-refractivity contribution is 8.00. The van der Waals surface area contributed by atoms with Gasteiger partial charge in [-0.1, -0.05) is 54.6 Å². The van der Waals surface area contributed by atoms with Crippen LogP contribution in [0.2, 0.25) is 0 Å². The predicted molar refractivity (Wildman–Crippen MR) is 118 cm³/mol. The molecule has 0 saturated heterocycles. The van der Waals surface area contributed by atoms with E-state index in [9.17, 15) is 13.6 Å². The number of rotatable bonds is 9. The summed E-state index contributed by atoms with van der Waals surface area (Å²) in [5.41, 5.74) is 2.27. The lowest BCUT2D eigenvalue weighted by atomic mass is 10.1. The van der Waals surface area contributed by atoms with Gasteiger partial charge >= 0.3 is 6.61 Å². The largest absolute Gasteiger partial charge is 0.433 e. The van der Waals surface area contributed by atoms with Crippen molar-refractivity contribution in [3.63, 3.8) is 0 Å². The van der Waals surface area contributed by atoms with Crippen LogP contribution in [-0.2, 0) is 11.3 Å². The maximum atomic E-state index is 12.7. The van der Waals surface area contributed by atoms with Crippen LogP contribution in [0.15, 0.2) is 53.7 Å². The van der Waals surface area contributed by atoms with Crippen molar-refractivity contribution in [3.05, 3.63) is 54.1 Å². The highest BCUT2D eigenvalue weighted by Crippen LogP contribution is 2.30. The number of thioether (sulfide) groups is 1. The van der Waals surface area contributed by atoms with Gasteiger partial charge in [-0.15, -0.1) is 10.2 Å². The summed E-state index contributed by atoms with van der Waals surface area (Å²) >= 11 is 1.27. The number of aromatic nitrogens is 3. The van der Waals surface area contributed by atoms with Crippen LogP contribution in [0.5, 0.6) is 5.75 Å². The number of amides is 1. The van der Waals surface area contributed by atoms with Crippen LogP contribution in [0.3, 0.4) is 0 Å². The number of aryl methyl sites for hydroxylation is 1. The molecular weight excluding hydrogens is 422 g/mol. The molecule has 6 nitrogen and oxygen atoms in total. The smallest absolute Gasteiger partial charge is 0.387 e. The number of anilines is 1. The van der Waals surface area contributed by atoms with E-state index in [1.54, 1.807) is 19.1 Å². The summed E-state index contributed by atoms with van der Waals surface area (Å²) in [5, 5.41) is 11.4. The molecule has 1 unspecified atom stereocenters. The van der Waals surface area contributed by atoms with Crippen LogP contribution in [0.4, 0.5) is 14.5 Å². The van der Waals surface area contributed by atoms with Crippen LogP contribution in [0.1, 0.15) is 25.8 Å². The van der Waals surface area contributed by atoms with Gasteiger partial charge in [-0.25, -0.2) is 0 Å². The third kappa shape index (κ3) is 5.81. The molecule has 3 aromatic rings. The molecular formula is C22H24F2N4O2S. The predicted octanol–water partition coefficient (Wildman–Crippen LogP) is 5.38. The van der Waals surface area contributed by atoms with Crippen LogP contribution < -0.4 is 10.1 Å². The molecule has 0 fully saturated rings. The van der Waals surface area contributed by atoms with Gasteiger partial charge in [0.15, 0.2) is 11.0 Å². The highest BCUT2D eigenvalue weighted by atomic mass is 32.2. The summed E-state index contributed by atoms with van der Waals surface area (Å²) in [5.74, 6) is 0.314. The number of benzene rings is 2. The molecule has 0 aliphatic rings. The van der Waals surface area contributed by atoms with Gasteiger partial charge in [0.05, 0.1) is 10.9 Å². The lowest BCUT2D eigenvalue weighted by Crippen LogP contribution is -2.23. The van der Waals surface area contributed by atoms with Crippen molar-refractivity contribution in [1.29, 1.82) is 0 Å². The van der Waals surface area contributed by atoms with Crippen LogP contribution in [-0.4, -0.2) is 32.5 Å². The Morgan fingerprint density at radius 3 is 2.68 bits per heavy atom. The molecule has 0 spiro atoms. The molecule has 2 aromatic carbocycles. The van der Waals surface area contributed by atoms with Crippen molar-refractivity contribution in [3.8, 4) is 17.1 Å². The van der Waals surface area contributed by atoms with E-state index in [2.05, 4.69) is 27.2 Å². The van der Waals surface area contributed by atoms with Gasteiger partial charge in [0.2, 0.25) is 5.91 Å². The first-order valence-corrected chi connectivity index (χ1v) is 10.8. The minimum absolute atomic E-state index is 0.0843. The third-order valence-corrected chi connectivity index (χ3v) is 5.53. The summed E-state index contributed by atoms with van der Waals surface area (Å²) < 4.78 is 31.7. The van der Waals surface area contributed by atoms with Gasteiger partial charge < -0.3 is 14.6 Å². The number of halogens is 2. The molecule has 9 heteroatoms. The summed E-state index contributed by atoms with van der Waals surface area (Å²) in [4.78, 5) is 12.7. The summed E-state index contributed by atoms with van der Waals surface area (Å²) in [6.07, 6.45) is 0.878. The minimum Gasteiger partial charge on any atom is -0.433 e. The van der Waals surface area contributed by atoms with Gasteiger partial charge in [0.25, 0.3) is 0 Å². The Morgan fingerprint density at radius 2 is 1.97 bits per heavy atom. The lowest BCUT2D eigenvalue weighted by Gasteiger charge is -2.15. The van der Waals surface area contributed by atoms with Gasteiger partial charge in [-0.2, -0.15) is 8.78 Å². The number of nitrogens with zero attached hydrogens (tertiary/aromatic N) is 3. The van der Waals surface area contributed by atoms with Crippen LogP contribution in [0, 0.1) is 6.92 Å². The SMILES string of the molecule is CCCn1c(SC(C)C(=O)Nc2ccccc2OC(F)F)nnc1-c1cccc(C)c1. The average molecular weight is 447 g/mol. The fourth-order valence-electron chi connectivity index (χ4n) is 3.01. The Balaban J connectivity index is 1.77. The van der Waals surface area contributed by atoms with E-state index in [4.69, 9.17) is 0 Å². The van der Waals surface area contributed by atoms with E-state index in [0.717, 1.165) is 23.4 Å². The summed E-state index contributed by atoms with van der Waals surface area (Å²) in [6.45, 7) is 3.54. The second kappa shape index (κ2) is 10.4. The molecule has 1 N–H and O–H groups in total. The van der Waals surface area contributed by atoms with E-state index in [-0.39, 0.29) is 17.3 Å². The Bertz CT molecular complexity index is 1040. The molecule has 31 heavy (non-hydrogen) atoms. The monoisotopic (exact) mass is 446 g/mol. The van der Waals surface area contributed by atoms with Crippen LogP contribution in [0.25, 0.3) is 11.4 Å². The number of carbonyl (C=O) groups is 1. The average Bonchev–Trinajstić information content (AvgIpc) is 3.11. The molecule has 164 valence electrons. The third-order valence-electron chi connectivity index (χ3n) is 4.45. The topological polar surface area (TPSA) is 69.0 Å². The molecule has 0 radical (unpaired) electrons. The van der Waals surface area contributed by atoms with E-state index in [1.807, 2.05) is 35.8 Å². The maximum absolute atomic E-state index is 12.7. The molecule has 1 heterocycles. The maximum Gasteiger partial charge on any atom is 0.387 e. The molecule has 0 aliphatic heterocycles. The lowest BCUT2D eigenvalue weighted by molar-refractivity contribution is -0.115. The molecule has 0 aliphatic carbocycles. The number of hydrogen-bond donors (Lipinski definition) is 1. The number of alkyl halides is 2. The normalized spacial score (nSPS) is 12.1. The van der Waals surface area contributed by atoms with Gasteiger partial charge in [-0.3, -0.25) is 4.79 Å². The Morgan fingerprint density at radius 1 is 1.19 bits per heavy atom. The van der Waals surface area contributed by atoms with Crippen molar-refractivity contribution in [2.45, 2.75) is 50.8 Å². The Labute approximate surface area is 184 Å². The van der Waals surface area contributed by atoms with Gasteiger partial charge in [0.1, 0.15) is 5.75 Å². The molecule has 1 atom stereocenters. The van der Waals surface area contributed by atoms with Crippen molar-refractivity contribution in [2.24, 2.45) is 0 Å². The zero-order valence-electron chi connectivity index (χ0n) is 17.5. The van der Waals surface area contributed by atoms with E-state index < -0.39 is 11.9 Å². The number of carbonyl (C=O) groups excluding carboxylic acids is 1. The van der Waals surface area contributed by atoms with Crippen molar-refractivity contribution >= 4 is 23.4 Å². The fourth-order valence-corrected chi connectivity index (χ4v) is 3.89. The summed E-state index contributed by atoms with van der Waals surface area (Å²) in [7, 11) is 0. The van der Waals surface area contributed by atoms with Gasteiger partial charge in [0, 0.05) is 12.1 Å². The number of ether oxygens (including phenoxy) is 1. The second-order valence-electron chi connectivity index (χ2n) is 6.95. The van der Waals surface area contributed by atoms with Crippen LogP contribution >= 0.6 is 11.8 Å². The first-order valence-electron chi connectivity index (χ1n) is 9.90. The Kier molecular flexibility index (Phi) is 7.62. The molecule has 3 rings (SSSR count). The molecule has 1 amide bonds. The first kappa shape index (κ1) is 22.7. The standard InChI is InChI=1S/C22H24F2N4O2S/c1-4-12-28-19(16-9-7-8-14(2)13-16)26-27-22(28)31-15(3)20(29)25-17-10-5-6-11-18(17)30-21(23)24/h5-11,13,15,21H,4,12H2,1-3H3,(H,25,29). The van der Waals surface area contributed by atoms with E-state index in [0.29, 0.717) is 11.7 Å². The quantitative estimate of drug-likeness (QED) is 0.447.